The van der Waals surface area contributed by atoms with Crippen molar-refractivity contribution in [3.05, 3.63) is 95.7 Å². The van der Waals surface area contributed by atoms with Crippen LogP contribution in [0.2, 0.25) is 0 Å². The number of aromatic nitrogens is 1. The molecule has 1 unspecified atom stereocenters. The standard InChI is InChI=1S/C33H36N4O2/c1-34-33(39)30(24-18-16-22(17-19-24)21-10-4-2-5-11-21)37-32(38)28-20-26-25-14-8-9-15-27(25)35-31(26)29(36-28)23-12-6-3-7-13-23/h2,4-5,8-11,14-19,23,28-30,35-36H,3,6-7,12-13,20H2,1H3,(H,34,39)(H,37,38)/t28-,29-,30?/m1/s1. The van der Waals surface area contributed by atoms with Gasteiger partial charge in [0.25, 0.3) is 0 Å². The highest BCUT2D eigenvalue weighted by Gasteiger charge is 2.38. The molecule has 6 nitrogen and oxygen atoms in total. The summed E-state index contributed by atoms with van der Waals surface area (Å²) in [6, 6.07) is 25.3. The van der Waals surface area contributed by atoms with E-state index in [2.05, 4.69) is 57.3 Å². The molecular formula is C33H36N4O2. The highest BCUT2D eigenvalue weighted by Crippen LogP contribution is 2.40. The number of carbonyl (C=O) groups is 2. The number of fused-ring (bicyclic) bond motifs is 3. The molecule has 1 aromatic heterocycles. The number of para-hydroxylation sites is 1. The number of carbonyl (C=O) groups excluding carboxylic acids is 2. The third kappa shape index (κ3) is 5.09. The topological polar surface area (TPSA) is 86.0 Å². The second-order valence-electron chi connectivity index (χ2n) is 10.9. The van der Waals surface area contributed by atoms with Crippen LogP contribution in [0.3, 0.4) is 0 Å². The van der Waals surface area contributed by atoms with E-state index in [0.717, 1.165) is 35.0 Å². The van der Waals surface area contributed by atoms with Gasteiger partial charge >= 0.3 is 0 Å². The largest absolute Gasteiger partial charge is 0.357 e. The Bertz CT molecular complexity index is 1450. The molecule has 6 heteroatoms. The monoisotopic (exact) mass is 520 g/mol. The number of benzene rings is 3. The molecule has 2 heterocycles. The normalized spacial score (nSPS) is 20.2. The summed E-state index contributed by atoms with van der Waals surface area (Å²) < 4.78 is 0. The van der Waals surface area contributed by atoms with Gasteiger partial charge in [0.1, 0.15) is 6.04 Å². The maximum Gasteiger partial charge on any atom is 0.246 e. The minimum Gasteiger partial charge on any atom is -0.357 e. The van der Waals surface area contributed by atoms with Gasteiger partial charge in [0.05, 0.1) is 12.1 Å². The second-order valence-corrected chi connectivity index (χ2v) is 10.9. The van der Waals surface area contributed by atoms with E-state index in [0.29, 0.717) is 12.3 Å². The van der Waals surface area contributed by atoms with Crippen molar-refractivity contribution in [1.29, 1.82) is 0 Å². The van der Waals surface area contributed by atoms with Crippen LogP contribution in [0, 0.1) is 5.92 Å². The molecule has 4 aromatic rings. The van der Waals surface area contributed by atoms with Gasteiger partial charge in [-0.1, -0.05) is 92.1 Å². The molecule has 0 spiro atoms. The van der Waals surface area contributed by atoms with Gasteiger partial charge in [-0.25, -0.2) is 0 Å². The number of nitrogens with one attached hydrogen (secondary N) is 4. The van der Waals surface area contributed by atoms with Crippen LogP contribution in [0.5, 0.6) is 0 Å². The van der Waals surface area contributed by atoms with Gasteiger partial charge in [0, 0.05) is 23.6 Å². The molecule has 6 rings (SSSR count). The molecule has 1 aliphatic heterocycles. The van der Waals surface area contributed by atoms with Gasteiger partial charge in [0.15, 0.2) is 0 Å². The summed E-state index contributed by atoms with van der Waals surface area (Å²) >= 11 is 0. The smallest absolute Gasteiger partial charge is 0.246 e. The van der Waals surface area contributed by atoms with Crippen molar-refractivity contribution in [1.82, 2.24) is 20.9 Å². The molecule has 4 N–H and O–H groups in total. The molecule has 200 valence electrons. The fourth-order valence-electron chi connectivity index (χ4n) is 6.46. The molecule has 1 aliphatic carbocycles. The lowest BCUT2D eigenvalue weighted by Gasteiger charge is -2.37. The van der Waals surface area contributed by atoms with Gasteiger partial charge in [-0.05, 0) is 53.5 Å². The summed E-state index contributed by atoms with van der Waals surface area (Å²) in [7, 11) is 1.61. The number of hydrogen-bond acceptors (Lipinski definition) is 3. The number of H-pyrrole nitrogens is 1. The number of likely N-dealkylation sites (N-methyl/N-ethyl adjacent to an activating group) is 1. The first-order chi connectivity index (χ1) is 19.1. The Hall–Kier alpha value is -3.90. The third-order valence-electron chi connectivity index (χ3n) is 8.53. The zero-order valence-corrected chi connectivity index (χ0v) is 22.4. The van der Waals surface area contributed by atoms with E-state index in [4.69, 9.17) is 0 Å². The molecule has 2 aliphatic rings. The minimum atomic E-state index is -0.772. The first-order valence-corrected chi connectivity index (χ1v) is 14.2. The highest BCUT2D eigenvalue weighted by molar-refractivity contribution is 5.92. The van der Waals surface area contributed by atoms with Gasteiger partial charge in [-0.2, -0.15) is 0 Å². The Morgan fingerprint density at radius 1 is 0.846 bits per heavy atom. The van der Waals surface area contributed by atoms with E-state index in [1.165, 1.54) is 35.9 Å². The predicted octanol–water partition coefficient (Wildman–Crippen LogP) is 5.57. The molecule has 3 atom stereocenters. The van der Waals surface area contributed by atoms with E-state index >= 15 is 0 Å². The molecule has 3 aromatic carbocycles. The number of rotatable bonds is 6. The summed E-state index contributed by atoms with van der Waals surface area (Å²) in [4.78, 5) is 30.5. The summed E-state index contributed by atoms with van der Waals surface area (Å²) in [5.74, 6) is 0.108. The zero-order valence-electron chi connectivity index (χ0n) is 22.4. The fraction of sp³-hybridized carbons (Fsp3) is 0.333. The Morgan fingerprint density at radius 2 is 1.54 bits per heavy atom. The summed E-state index contributed by atoms with van der Waals surface area (Å²) in [5.41, 5.74) is 6.51. The first kappa shape index (κ1) is 25.4. The lowest BCUT2D eigenvalue weighted by molar-refractivity contribution is -0.130. The first-order valence-electron chi connectivity index (χ1n) is 14.2. The number of amides is 2. The maximum atomic E-state index is 13.8. The van der Waals surface area contributed by atoms with Crippen molar-refractivity contribution < 1.29 is 9.59 Å². The van der Waals surface area contributed by atoms with Crippen molar-refractivity contribution >= 4 is 22.7 Å². The van der Waals surface area contributed by atoms with Crippen LogP contribution in [0.15, 0.2) is 78.9 Å². The Labute approximate surface area is 229 Å². The summed E-state index contributed by atoms with van der Waals surface area (Å²) in [6.07, 6.45) is 6.65. The quantitative estimate of drug-likeness (QED) is 0.268. The lowest BCUT2D eigenvalue weighted by Crippen LogP contribution is -2.53. The van der Waals surface area contributed by atoms with Gasteiger partial charge < -0.3 is 15.6 Å². The Kier molecular flexibility index (Phi) is 7.20. The third-order valence-corrected chi connectivity index (χ3v) is 8.53. The molecule has 1 fully saturated rings. The molecule has 2 amide bonds. The number of hydrogen-bond donors (Lipinski definition) is 4. The average Bonchev–Trinajstić information content (AvgIpc) is 3.38. The zero-order chi connectivity index (χ0) is 26.8. The summed E-state index contributed by atoms with van der Waals surface area (Å²) in [6.45, 7) is 0. The van der Waals surface area contributed by atoms with Crippen LogP contribution < -0.4 is 16.0 Å². The van der Waals surface area contributed by atoms with Crippen LogP contribution in [0.25, 0.3) is 22.0 Å². The van der Waals surface area contributed by atoms with Crippen molar-refractivity contribution in [3.63, 3.8) is 0 Å². The minimum absolute atomic E-state index is 0.0980. The molecule has 0 radical (unpaired) electrons. The van der Waals surface area contributed by atoms with Gasteiger partial charge in [0.2, 0.25) is 11.8 Å². The van der Waals surface area contributed by atoms with E-state index in [1.54, 1.807) is 7.05 Å². The Morgan fingerprint density at radius 3 is 2.28 bits per heavy atom. The van der Waals surface area contributed by atoms with Crippen LogP contribution in [-0.4, -0.2) is 29.9 Å². The molecular weight excluding hydrogens is 484 g/mol. The van der Waals surface area contributed by atoms with Crippen LogP contribution >= 0.6 is 0 Å². The van der Waals surface area contributed by atoms with Crippen LogP contribution in [-0.2, 0) is 16.0 Å². The van der Waals surface area contributed by atoms with Crippen LogP contribution in [0.4, 0.5) is 0 Å². The maximum absolute atomic E-state index is 13.8. The van der Waals surface area contributed by atoms with Crippen molar-refractivity contribution in [2.45, 2.75) is 56.7 Å². The lowest BCUT2D eigenvalue weighted by atomic mass is 9.79. The van der Waals surface area contributed by atoms with Gasteiger partial charge in [-0.15, -0.1) is 0 Å². The summed E-state index contributed by atoms with van der Waals surface area (Å²) in [5, 5.41) is 10.7. The van der Waals surface area contributed by atoms with Crippen molar-refractivity contribution in [2.24, 2.45) is 5.92 Å². The molecule has 39 heavy (non-hydrogen) atoms. The van der Waals surface area contributed by atoms with Crippen molar-refractivity contribution in [3.8, 4) is 11.1 Å². The van der Waals surface area contributed by atoms with E-state index in [1.807, 2.05) is 42.5 Å². The molecule has 0 bridgehead atoms. The average molecular weight is 521 g/mol. The van der Waals surface area contributed by atoms with Crippen molar-refractivity contribution in [2.75, 3.05) is 7.05 Å². The van der Waals surface area contributed by atoms with E-state index < -0.39 is 12.1 Å². The van der Waals surface area contributed by atoms with Crippen LogP contribution in [0.1, 0.15) is 61.0 Å². The van der Waals surface area contributed by atoms with E-state index in [-0.39, 0.29) is 17.9 Å². The fourth-order valence-corrected chi connectivity index (χ4v) is 6.46. The second kappa shape index (κ2) is 11.1. The SMILES string of the molecule is CNC(=O)C(NC(=O)[C@H]1Cc2c([nH]c3ccccc23)[C@@H](C2CCCCC2)N1)c1ccc(-c2ccccc2)cc1. The Balaban J connectivity index is 1.27. The molecule has 0 saturated heterocycles. The predicted molar refractivity (Wildman–Crippen MR) is 155 cm³/mol. The highest BCUT2D eigenvalue weighted by atomic mass is 16.2. The number of aromatic amines is 1. The van der Waals surface area contributed by atoms with Gasteiger partial charge in [-0.3, -0.25) is 14.9 Å². The van der Waals surface area contributed by atoms with E-state index in [9.17, 15) is 9.59 Å². The molecule has 1 saturated carbocycles.